The third-order valence-corrected chi connectivity index (χ3v) is 4.03. The first-order chi connectivity index (χ1) is 10.5. The number of likely N-dealkylation sites (N-methyl/N-ethyl adjacent to an activating group) is 2. The molecule has 1 aromatic carbocycles. The number of benzene rings is 1. The van der Waals surface area contributed by atoms with Crippen LogP contribution in [0.1, 0.15) is 25.5 Å². The van der Waals surface area contributed by atoms with Crippen LogP contribution in [-0.2, 0) is 14.3 Å². The normalized spacial score (nSPS) is 21.8. The number of rotatable bonds is 4. The number of halogens is 1. The lowest BCUT2D eigenvalue weighted by atomic mass is 9.96. The molecule has 1 saturated heterocycles. The summed E-state index contributed by atoms with van der Waals surface area (Å²) in [5.74, 6) is -0.940. The molecule has 0 spiro atoms. The molecule has 22 heavy (non-hydrogen) atoms. The molecular weight excluding hydrogens is 287 g/mol. The van der Waals surface area contributed by atoms with E-state index in [1.165, 1.54) is 11.0 Å². The standard InChI is InChI=1S/C16H21FN2O3/c1-4-19(5-2)16(21)15-14(18(3)13(20)10-22-15)11-8-6-7-9-12(11)17/h6-9,14-15H,4-5,10H2,1-3H3/t14-,15+/m0/s1. The lowest BCUT2D eigenvalue weighted by Gasteiger charge is -2.40. The van der Waals surface area contributed by atoms with Crippen LogP contribution in [0.15, 0.2) is 24.3 Å². The van der Waals surface area contributed by atoms with Gasteiger partial charge in [0.2, 0.25) is 5.91 Å². The van der Waals surface area contributed by atoms with Gasteiger partial charge in [-0.15, -0.1) is 0 Å². The van der Waals surface area contributed by atoms with Gasteiger partial charge in [-0.25, -0.2) is 4.39 Å². The van der Waals surface area contributed by atoms with Crippen molar-refractivity contribution in [3.8, 4) is 0 Å². The molecule has 2 rings (SSSR count). The summed E-state index contributed by atoms with van der Waals surface area (Å²) < 4.78 is 19.6. The Labute approximate surface area is 129 Å². The van der Waals surface area contributed by atoms with Crippen LogP contribution in [-0.4, -0.2) is 54.5 Å². The van der Waals surface area contributed by atoms with Crippen molar-refractivity contribution in [3.05, 3.63) is 35.6 Å². The summed E-state index contributed by atoms with van der Waals surface area (Å²) in [6.07, 6.45) is -0.889. The Bertz CT molecular complexity index is 560. The summed E-state index contributed by atoms with van der Waals surface area (Å²) in [6.45, 7) is 4.65. The van der Waals surface area contributed by atoms with Crippen LogP contribution >= 0.6 is 0 Å². The summed E-state index contributed by atoms with van der Waals surface area (Å²) in [5, 5.41) is 0. The van der Waals surface area contributed by atoms with Gasteiger partial charge in [0.25, 0.3) is 5.91 Å². The highest BCUT2D eigenvalue weighted by molar-refractivity contribution is 5.86. The lowest BCUT2D eigenvalue weighted by Crippen LogP contribution is -2.54. The van der Waals surface area contributed by atoms with Gasteiger partial charge in [-0.2, -0.15) is 0 Å². The van der Waals surface area contributed by atoms with E-state index < -0.39 is 18.0 Å². The molecule has 0 aromatic heterocycles. The van der Waals surface area contributed by atoms with E-state index in [0.717, 1.165) is 0 Å². The van der Waals surface area contributed by atoms with Crippen molar-refractivity contribution in [2.24, 2.45) is 0 Å². The highest BCUT2D eigenvalue weighted by Gasteiger charge is 2.42. The second-order valence-electron chi connectivity index (χ2n) is 5.21. The van der Waals surface area contributed by atoms with Gasteiger partial charge < -0.3 is 14.5 Å². The monoisotopic (exact) mass is 308 g/mol. The minimum Gasteiger partial charge on any atom is -0.356 e. The maximum absolute atomic E-state index is 14.2. The van der Waals surface area contributed by atoms with Crippen molar-refractivity contribution in [1.29, 1.82) is 0 Å². The van der Waals surface area contributed by atoms with Gasteiger partial charge in [-0.05, 0) is 19.9 Å². The highest BCUT2D eigenvalue weighted by atomic mass is 19.1. The van der Waals surface area contributed by atoms with Crippen molar-refractivity contribution in [3.63, 3.8) is 0 Å². The number of carbonyl (C=O) groups excluding carboxylic acids is 2. The predicted octanol–water partition coefficient (Wildman–Crippen LogP) is 1.59. The number of hydrogen-bond acceptors (Lipinski definition) is 3. The van der Waals surface area contributed by atoms with Gasteiger partial charge in [-0.3, -0.25) is 9.59 Å². The molecule has 0 unspecified atom stereocenters. The number of carbonyl (C=O) groups is 2. The number of nitrogens with zero attached hydrogens (tertiary/aromatic N) is 2. The number of amides is 2. The molecule has 0 saturated carbocycles. The minimum atomic E-state index is -0.889. The number of ether oxygens (including phenoxy) is 1. The molecule has 2 atom stereocenters. The van der Waals surface area contributed by atoms with E-state index in [1.54, 1.807) is 30.1 Å². The van der Waals surface area contributed by atoms with Crippen LogP contribution < -0.4 is 0 Å². The summed E-state index contributed by atoms with van der Waals surface area (Å²) in [7, 11) is 1.57. The van der Waals surface area contributed by atoms with Gasteiger partial charge in [-0.1, -0.05) is 18.2 Å². The zero-order valence-corrected chi connectivity index (χ0v) is 13.1. The molecule has 1 fully saturated rings. The highest BCUT2D eigenvalue weighted by Crippen LogP contribution is 2.31. The van der Waals surface area contributed by atoms with Gasteiger partial charge >= 0.3 is 0 Å². The first-order valence-corrected chi connectivity index (χ1v) is 7.41. The molecule has 6 heteroatoms. The molecule has 2 amide bonds. The Kier molecular flexibility index (Phi) is 5.13. The SMILES string of the molecule is CCN(CC)C(=O)[C@@H]1OCC(=O)N(C)[C@H]1c1ccccc1F. The Morgan fingerprint density at radius 2 is 2.00 bits per heavy atom. The summed E-state index contributed by atoms with van der Waals surface area (Å²) in [5.41, 5.74) is 0.295. The predicted molar refractivity (Wildman–Crippen MR) is 79.6 cm³/mol. The molecule has 0 N–H and O–H groups in total. The van der Waals surface area contributed by atoms with Crippen molar-refractivity contribution in [1.82, 2.24) is 9.80 Å². The molecule has 1 aliphatic heterocycles. The fraction of sp³-hybridized carbons (Fsp3) is 0.500. The van der Waals surface area contributed by atoms with Crippen molar-refractivity contribution in [2.45, 2.75) is 26.0 Å². The summed E-state index contributed by atoms with van der Waals surface area (Å²) in [4.78, 5) is 27.6. The maximum Gasteiger partial charge on any atom is 0.254 e. The Morgan fingerprint density at radius 3 is 2.59 bits per heavy atom. The van der Waals surface area contributed by atoms with E-state index >= 15 is 0 Å². The van der Waals surface area contributed by atoms with Crippen LogP contribution in [0.2, 0.25) is 0 Å². The number of morpholine rings is 1. The molecule has 1 aromatic rings. The van der Waals surface area contributed by atoms with Crippen molar-refractivity contribution >= 4 is 11.8 Å². The Balaban J connectivity index is 2.40. The lowest BCUT2D eigenvalue weighted by molar-refractivity contribution is -0.167. The van der Waals surface area contributed by atoms with E-state index in [4.69, 9.17) is 4.74 Å². The molecule has 0 aliphatic carbocycles. The molecule has 0 bridgehead atoms. The third-order valence-electron chi connectivity index (χ3n) is 4.03. The molecule has 1 heterocycles. The molecule has 0 radical (unpaired) electrons. The topological polar surface area (TPSA) is 49.9 Å². The van der Waals surface area contributed by atoms with Crippen LogP contribution in [0, 0.1) is 5.82 Å². The molecule has 1 aliphatic rings. The first-order valence-electron chi connectivity index (χ1n) is 7.41. The minimum absolute atomic E-state index is 0.168. The molecule has 5 nitrogen and oxygen atoms in total. The second-order valence-corrected chi connectivity index (χ2v) is 5.21. The van der Waals surface area contributed by atoms with Crippen LogP contribution in [0.5, 0.6) is 0 Å². The second kappa shape index (κ2) is 6.87. The average Bonchev–Trinajstić information content (AvgIpc) is 2.52. The van der Waals surface area contributed by atoms with E-state index in [9.17, 15) is 14.0 Å². The van der Waals surface area contributed by atoms with Crippen LogP contribution in [0.4, 0.5) is 4.39 Å². The fourth-order valence-corrected chi connectivity index (χ4v) is 2.72. The Morgan fingerprint density at radius 1 is 1.36 bits per heavy atom. The van der Waals surface area contributed by atoms with E-state index in [0.29, 0.717) is 18.7 Å². The quantitative estimate of drug-likeness (QED) is 0.849. The van der Waals surface area contributed by atoms with Crippen LogP contribution in [0.25, 0.3) is 0 Å². The van der Waals surface area contributed by atoms with E-state index in [2.05, 4.69) is 0 Å². The van der Waals surface area contributed by atoms with Crippen molar-refractivity contribution < 1.29 is 18.7 Å². The van der Waals surface area contributed by atoms with E-state index in [1.807, 2.05) is 13.8 Å². The summed E-state index contributed by atoms with van der Waals surface area (Å²) >= 11 is 0. The fourth-order valence-electron chi connectivity index (χ4n) is 2.72. The first kappa shape index (κ1) is 16.4. The van der Waals surface area contributed by atoms with Crippen LogP contribution in [0.3, 0.4) is 0 Å². The van der Waals surface area contributed by atoms with Gasteiger partial charge in [0.05, 0.1) is 6.04 Å². The van der Waals surface area contributed by atoms with E-state index in [-0.39, 0.29) is 18.4 Å². The van der Waals surface area contributed by atoms with Gasteiger partial charge in [0.15, 0.2) is 6.10 Å². The largest absolute Gasteiger partial charge is 0.356 e. The molecular formula is C16H21FN2O3. The average molecular weight is 308 g/mol. The maximum atomic E-state index is 14.2. The van der Waals surface area contributed by atoms with Gasteiger partial charge in [0.1, 0.15) is 12.4 Å². The Hall–Kier alpha value is -1.95. The third kappa shape index (κ3) is 2.97. The van der Waals surface area contributed by atoms with Crippen molar-refractivity contribution in [2.75, 3.05) is 26.7 Å². The molecule has 120 valence electrons. The van der Waals surface area contributed by atoms with Gasteiger partial charge in [0, 0.05) is 25.7 Å². The number of hydrogen-bond donors (Lipinski definition) is 0. The zero-order chi connectivity index (χ0) is 16.3. The smallest absolute Gasteiger partial charge is 0.254 e. The summed E-state index contributed by atoms with van der Waals surface area (Å²) in [6, 6.07) is 5.41. The zero-order valence-electron chi connectivity index (χ0n) is 13.1.